The van der Waals surface area contributed by atoms with Crippen molar-refractivity contribution in [2.45, 2.75) is 33.8 Å². The summed E-state index contributed by atoms with van der Waals surface area (Å²) >= 11 is 0. The van der Waals surface area contributed by atoms with Crippen LogP contribution in [0.4, 0.5) is 0 Å². The van der Waals surface area contributed by atoms with Crippen LogP contribution in [0.3, 0.4) is 0 Å². The molecule has 0 aromatic carbocycles. The first kappa shape index (κ1) is 14.5. The first-order valence-corrected chi connectivity index (χ1v) is 3.97. The molecule has 0 bridgehead atoms. The summed E-state index contributed by atoms with van der Waals surface area (Å²) in [5, 5.41) is 10.5. The summed E-state index contributed by atoms with van der Waals surface area (Å²) in [6, 6.07) is 0. The van der Waals surface area contributed by atoms with E-state index in [1.807, 2.05) is 27.7 Å². The summed E-state index contributed by atoms with van der Waals surface area (Å²) in [7, 11) is 0. The quantitative estimate of drug-likeness (QED) is 0.375. The van der Waals surface area contributed by atoms with Crippen LogP contribution < -0.4 is 24.0 Å². The maximum absolute atomic E-state index is 10.5. The summed E-state index contributed by atoms with van der Waals surface area (Å²) in [4.78, 5) is 0. The molecule has 0 spiro atoms. The Balaban J connectivity index is 0. The molecule has 0 aliphatic rings. The van der Waals surface area contributed by atoms with Crippen molar-refractivity contribution in [3.63, 3.8) is 0 Å². The van der Waals surface area contributed by atoms with E-state index < -0.39 is 5.95 Å². The number of hydrogen-bond donors (Lipinski definition) is 0. The maximum Gasteiger partial charge on any atom is 1.00 e. The van der Waals surface area contributed by atoms with Crippen LogP contribution in [0.2, 0.25) is 0 Å². The Labute approximate surface area is 87.2 Å². The fourth-order valence-corrected chi connectivity index (χ4v) is 1.19. The average Bonchev–Trinajstić information content (AvgIpc) is 1.81. The van der Waals surface area contributed by atoms with Gasteiger partial charge in [-0.3, -0.25) is 0 Å². The Morgan fingerprint density at radius 1 is 1.17 bits per heavy atom. The van der Waals surface area contributed by atoms with Crippen molar-refractivity contribution in [3.05, 3.63) is 12.5 Å². The van der Waals surface area contributed by atoms with E-state index in [0.29, 0.717) is 11.8 Å². The van der Waals surface area contributed by atoms with Crippen LogP contribution >= 0.6 is 0 Å². The minimum Gasteiger partial charge on any atom is -0.610 e. The third kappa shape index (κ3) is 5.57. The Morgan fingerprint density at radius 3 is 1.58 bits per heavy atom. The molecule has 0 aromatic heterocycles. The van der Waals surface area contributed by atoms with Gasteiger partial charge in [0.2, 0.25) is 0 Å². The van der Waals surface area contributed by atoms with E-state index in [1.54, 1.807) is 0 Å². The van der Waals surface area contributed by atoms with Gasteiger partial charge >= 0.3 is 18.9 Å². The van der Waals surface area contributed by atoms with Gasteiger partial charge in [0.05, 0.1) is 0 Å². The first-order chi connectivity index (χ1) is 4.95. The van der Waals surface area contributed by atoms with Gasteiger partial charge in [-0.1, -0.05) is 34.3 Å². The second kappa shape index (κ2) is 6.45. The van der Waals surface area contributed by atoms with Gasteiger partial charge in [-0.05, 0) is 11.8 Å². The third-order valence-corrected chi connectivity index (χ3v) is 1.58. The Bertz CT molecular complexity index is 124. The molecule has 0 aliphatic carbocycles. The third-order valence-electron chi connectivity index (χ3n) is 1.58. The first-order valence-electron chi connectivity index (χ1n) is 3.97. The van der Waals surface area contributed by atoms with Crippen molar-refractivity contribution in [3.8, 4) is 0 Å². The van der Waals surface area contributed by atoms with E-state index in [0.717, 1.165) is 0 Å². The van der Waals surface area contributed by atoms with Crippen LogP contribution in [-0.2, 0) is 4.74 Å². The predicted molar refractivity (Wildman–Crippen MR) is 43.7 cm³/mol. The van der Waals surface area contributed by atoms with Crippen LogP contribution in [0.25, 0.3) is 0 Å². The monoisotopic (exact) mass is 164 g/mol. The van der Waals surface area contributed by atoms with Crippen molar-refractivity contribution in [1.82, 2.24) is 0 Å². The summed E-state index contributed by atoms with van der Waals surface area (Å²) in [6.07, 6.45) is -0.000000000000000666. The zero-order valence-electron chi connectivity index (χ0n) is 8.76. The van der Waals surface area contributed by atoms with Crippen molar-refractivity contribution in [1.29, 1.82) is 0 Å². The van der Waals surface area contributed by atoms with Crippen LogP contribution in [0, 0.1) is 11.8 Å². The molecule has 0 saturated carbocycles. The molecule has 0 rings (SSSR count). The number of hydrogen-bond acceptors (Lipinski definition) is 2. The Morgan fingerprint density at radius 2 is 1.50 bits per heavy atom. The maximum atomic E-state index is 10.5. The van der Waals surface area contributed by atoms with Gasteiger partial charge in [0.25, 0.3) is 0 Å². The van der Waals surface area contributed by atoms with Gasteiger partial charge in [-0.25, -0.2) is 0 Å². The van der Waals surface area contributed by atoms with Gasteiger partial charge in [-0.15, -0.1) is 0 Å². The molecule has 66 valence electrons. The minimum absolute atomic E-state index is 0. The SMILES string of the molecule is C=C([O-])OC(C(C)C)C(C)C.[Li+]. The largest absolute Gasteiger partial charge is 1.00 e. The summed E-state index contributed by atoms with van der Waals surface area (Å²) in [5.41, 5.74) is 0. The topological polar surface area (TPSA) is 32.3 Å². The van der Waals surface area contributed by atoms with Crippen molar-refractivity contribution < 1.29 is 28.7 Å². The van der Waals surface area contributed by atoms with Crippen molar-refractivity contribution >= 4 is 0 Å². The number of ether oxygens (including phenoxy) is 1. The molecule has 0 atom stereocenters. The molecule has 0 saturated heterocycles. The molecule has 0 aromatic rings. The van der Waals surface area contributed by atoms with Crippen molar-refractivity contribution in [2.75, 3.05) is 0 Å². The van der Waals surface area contributed by atoms with Gasteiger partial charge in [0.15, 0.2) is 0 Å². The van der Waals surface area contributed by atoms with Crippen LogP contribution in [0.1, 0.15) is 27.7 Å². The molecule has 12 heavy (non-hydrogen) atoms. The molecule has 0 amide bonds. The van der Waals surface area contributed by atoms with Gasteiger partial charge in [0.1, 0.15) is 0 Å². The van der Waals surface area contributed by atoms with Crippen LogP contribution in [-0.4, -0.2) is 6.10 Å². The van der Waals surface area contributed by atoms with E-state index in [9.17, 15) is 5.11 Å². The van der Waals surface area contributed by atoms with E-state index in [1.165, 1.54) is 0 Å². The fraction of sp³-hybridized carbons (Fsp3) is 0.778. The zero-order valence-corrected chi connectivity index (χ0v) is 8.76. The molecular formula is C9H17LiO2. The molecule has 0 heterocycles. The molecule has 0 fully saturated rings. The average molecular weight is 164 g/mol. The van der Waals surface area contributed by atoms with Crippen molar-refractivity contribution in [2.24, 2.45) is 11.8 Å². The zero-order chi connectivity index (χ0) is 9.02. The molecule has 0 unspecified atom stereocenters. The normalized spacial score (nSPS) is 10.2. The van der Waals surface area contributed by atoms with E-state index in [2.05, 4.69) is 6.58 Å². The molecule has 0 aliphatic heterocycles. The molecule has 0 N–H and O–H groups in total. The second-order valence-electron chi connectivity index (χ2n) is 3.44. The standard InChI is InChI=1S/C9H18O2.Li/c1-6(2)9(7(3)4)11-8(5)10;/h6-7,9-10H,5H2,1-4H3;/q;+1/p-1. The smallest absolute Gasteiger partial charge is 0.610 e. The van der Waals surface area contributed by atoms with E-state index >= 15 is 0 Å². The Hall–Kier alpha value is -0.0626. The molecule has 0 radical (unpaired) electrons. The molecule has 2 nitrogen and oxygen atoms in total. The molecular weight excluding hydrogens is 147 g/mol. The van der Waals surface area contributed by atoms with E-state index in [-0.39, 0.29) is 25.0 Å². The van der Waals surface area contributed by atoms with Crippen LogP contribution in [0.5, 0.6) is 0 Å². The minimum atomic E-state index is -0.433. The number of rotatable bonds is 4. The summed E-state index contributed by atoms with van der Waals surface area (Å²) in [5.74, 6) is 0.291. The predicted octanol–water partition coefficient (Wildman–Crippen LogP) is -1.48. The van der Waals surface area contributed by atoms with E-state index in [4.69, 9.17) is 4.74 Å². The van der Waals surface area contributed by atoms with Gasteiger partial charge in [-0.2, -0.15) is 0 Å². The molecule has 3 heteroatoms. The fourth-order valence-electron chi connectivity index (χ4n) is 1.19. The summed E-state index contributed by atoms with van der Waals surface area (Å²) in [6.45, 7) is 11.3. The van der Waals surface area contributed by atoms with Gasteiger partial charge < -0.3 is 9.84 Å². The van der Waals surface area contributed by atoms with Gasteiger partial charge in [0, 0.05) is 12.0 Å². The van der Waals surface area contributed by atoms with Crippen LogP contribution in [0.15, 0.2) is 12.5 Å². The Kier molecular flexibility index (Phi) is 7.78. The summed E-state index contributed by atoms with van der Waals surface area (Å²) < 4.78 is 5.02. The second-order valence-corrected chi connectivity index (χ2v) is 3.44.